The molecule has 0 aromatic heterocycles. The summed E-state index contributed by atoms with van der Waals surface area (Å²) in [4.78, 5) is 12.8. The van der Waals surface area contributed by atoms with Gasteiger partial charge in [-0.15, -0.1) is 11.8 Å². The first-order chi connectivity index (χ1) is 10.3. The van der Waals surface area contributed by atoms with Crippen molar-refractivity contribution in [3.63, 3.8) is 0 Å². The first kappa shape index (κ1) is 15.6. The molecule has 3 nitrogen and oxygen atoms in total. The van der Waals surface area contributed by atoms with Crippen LogP contribution < -0.4 is 5.32 Å². The minimum absolute atomic E-state index is 0.0437. The Labute approximate surface area is 129 Å². The number of thioether (sulfide) groups is 1. The van der Waals surface area contributed by atoms with E-state index in [1.165, 1.54) is 17.3 Å². The molecule has 2 aromatic rings. The lowest BCUT2D eigenvalue weighted by molar-refractivity contribution is -0.118. The summed E-state index contributed by atoms with van der Waals surface area (Å²) in [5.41, 5.74) is 2.11. The fourth-order valence-corrected chi connectivity index (χ4v) is 2.61. The lowest BCUT2D eigenvalue weighted by Crippen LogP contribution is -2.27. The SMILES string of the molecule is O=C(CSc1ccc(CO)cc1)NCCc1ccccc1. The van der Waals surface area contributed by atoms with Crippen molar-refractivity contribution >= 4 is 17.7 Å². The number of carbonyl (C=O) groups is 1. The number of benzene rings is 2. The van der Waals surface area contributed by atoms with Gasteiger partial charge >= 0.3 is 0 Å². The highest BCUT2D eigenvalue weighted by Crippen LogP contribution is 2.18. The van der Waals surface area contributed by atoms with Gasteiger partial charge < -0.3 is 10.4 Å². The van der Waals surface area contributed by atoms with Crippen LogP contribution >= 0.6 is 11.8 Å². The fourth-order valence-electron chi connectivity index (χ4n) is 1.88. The molecule has 0 spiro atoms. The number of carbonyl (C=O) groups excluding carboxylic acids is 1. The van der Waals surface area contributed by atoms with E-state index in [0.717, 1.165) is 16.9 Å². The van der Waals surface area contributed by atoms with Gasteiger partial charge in [0.1, 0.15) is 0 Å². The predicted molar refractivity (Wildman–Crippen MR) is 86.2 cm³/mol. The molecule has 0 aliphatic rings. The van der Waals surface area contributed by atoms with Crippen LogP contribution in [0.2, 0.25) is 0 Å². The van der Waals surface area contributed by atoms with Crippen molar-refractivity contribution in [1.82, 2.24) is 5.32 Å². The molecule has 0 unspecified atom stereocenters. The van der Waals surface area contributed by atoms with Gasteiger partial charge in [0.05, 0.1) is 12.4 Å². The Balaban J connectivity index is 1.67. The maximum atomic E-state index is 11.8. The molecule has 2 N–H and O–H groups in total. The zero-order chi connectivity index (χ0) is 14.9. The van der Waals surface area contributed by atoms with Crippen molar-refractivity contribution in [3.8, 4) is 0 Å². The van der Waals surface area contributed by atoms with E-state index >= 15 is 0 Å². The molecule has 0 aliphatic heterocycles. The summed E-state index contributed by atoms with van der Waals surface area (Å²) >= 11 is 1.50. The van der Waals surface area contributed by atoms with Gasteiger partial charge in [0.15, 0.2) is 0 Å². The number of rotatable bonds is 7. The number of aliphatic hydroxyl groups excluding tert-OH is 1. The Morgan fingerprint density at radius 2 is 1.71 bits per heavy atom. The van der Waals surface area contributed by atoms with Gasteiger partial charge in [-0.05, 0) is 29.7 Å². The molecule has 110 valence electrons. The second kappa shape index (κ2) is 8.49. The molecule has 2 aromatic carbocycles. The average Bonchev–Trinajstić information content (AvgIpc) is 2.54. The van der Waals surface area contributed by atoms with Gasteiger partial charge in [-0.1, -0.05) is 42.5 Å². The highest BCUT2D eigenvalue weighted by molar-refractivity contribution is 8.00. The Bertz CT molecular complexity index is 555. The first-order valence-electron chi connectivity index (χ1n) is 6.91. The molecule has 0 radical (unpaired) electrons. The fraction of sp³-hybridized carbons (Fsp3) is 0.235. The van der Waals surface area contributed by atoms with Crippen LogP contribution in [0.15, 0.2) is 59.5 Å². The van der Waals surface area contributed by atoms with Crippen LogP contribution in [0.1, 0.15) is 11.1 Å². The van der Waals surface area contributed by atoms with Crippen molar-refractivity contribution in [1.29, 1.82) is 0 Å². The number of aliphatic hydroxyl groups is 1. The molecule has 0 heterocycles. The minimum atomic E-state index is 0.0437. The monoisotopic (exact) mass is 301 g/mol. The molecule has 0 bridgehead atoms. The molecule has 0 fully saturated rings. The van der Waals surface area contributed by atoms with Crippen LogP contribution in [0.4, 0.5) is 0 Å². The van der Waals surface area contributed by atoms with Gasteiger partial charge in [0, 0.05) is 11.4 Å². The van der Waals surface area contributed by atoms with Crippen LogP contribution in [-0.2, 0) is 17.8 Å². The number of nitrogens with one attached hydrogen (secondary N) is 1. The van der Waals surface area contributed by atoms with Crippen molar-refractivity contribution < 1.29 is 9.90 Å². The van der Waals surface area contributed by atoms with E-state index in [9.17, 15) is 4.79 Å². The van der Waals surface area contributed by atoms with Crippen molar-refractivity contribution in [2.45, 2.75) is 17.9 Å². The second-order valence-corrected chi connectivity index (χ2v) is 5.73. The predicted octanol–water partition coefficient (Wildman–Crippen LogP) is 2.63. The Kier molecular flexibility index (Phi) is 6.31. The largest absolute Gasteiger partial charge is 0.392 e. The molecule has 2 rings (SSSR count). The standard InChI is InChI=1S/C17H19NO2S/c19-12-15-6-8-16(9-7-15)21-13-17(20)18-11-10-14-4-2-1-3-5-14/h1-9,19H,10-13H2,(H,18,20). The van der Waals surface area contributed by atoms with Crippen LogP contribution in [-0.4, -0.2) is 23.3 Å². The molecule has 0 saturated carbocycles. The van der Waals surface area contributed by atoms with Crippen LogP contribution in [0.3, 0.4) is 0 Å². The molecule has 4 heteroatoms. The maximum Gasteiger partial charge on any atom is 0.230 e. The van der Waals surface area contributed by atoms with Crippen LogP contribution in [0.25, 0.3) is 0 Å². The van der Waals surface area contributed by atoms with E-state index in [0.29, 0.717) is 12.3 Å². The van der Waals surface area contributed by atoms with E-state index < -0.39 is 0 Å². The average molecular weight is 301 g/mol. The molecule has 0 saturated heterocycles. The summed E-state index contributed by atoms with van der Waals surface area (Å²) in [5.74, 6) is 0.454. The van der Waals surface area contributed by atoms with E-state index in [1.54, 1.807) is 0 Å². The lowest BCUT2D eigenvalue weighted by Gasteiger charge is -2.06. The Hall–Kier alpha value is -1.78. The molecule has 0 aliphatic carbocycles. The van der Waals surface area contributed by atoms with E-state index in [-0.39, 0.29) is 12.5 Å². The van der Waals surface area contributed by atoms with E-state index in [1.807, 2.05) is 42.5 Å². The van der Waals surface area contributed by atoms with E-state index in [2.05, 4.69) is 17.4 Å². The molecule has 21 heavy (non-hydrogen) atoms. The summed E-state index contributed by atoms with van der Waals surface area (Å²) in [6, 6.07) is 17.7. The Morgan fingerprint density at radius 3 is 2.38 bits per heavy atom. The quantitative estimate of drug-likeness (QED) is 0.773. The van der Waals surface area contributed by atoms with Crippen molar-refractivity contribution in [3.05, 3.63) is 65.7 Å². The van der Waals surface area contributed by atoms with Gasteiger partial charge in [0.2, 0.25) is 5.91 Å². The minimum Gasteiger partial charge on any atom is -0.392 e. The molecule has 0 atom stereocenters. The third-order valence-electron chi connectivity index (χ3n) is 3.05. The third-order valence-corrected chi connectivity index (χ3v) is 4.07. The first-order valence-corrected chi connectivity index (χ1v) is 7.90. The lowest BCUT2D eigenvalue weighted by atomic mass is 10.1. The summed E-state index contributed by atoms with van der Waals surface area (Å²) < 4.78 is 0. The molecular weight excluding hydrogens is 282 g/mol. The zero-order valence-corrected chi connectivity index (χ0v) is 12.6. The zero-order valence-electron chi connectivity index (χ0n) is 11.8. The van der Waals surface area contributed by atoms with Crippen LogP contribution in [0.5, 0.6) is 0 Å². The van der Waals surface area contributed by atoms with Gasteiger partial charge in [-0.2, -0.15) is 0 Å². The molecular formula is C17H19NO2S. The summed E-state index contributed by atoms with van der Waals surface area (Å²) in [5, 5.41) is 11.9. The number of hydrogen-bond acceptors (Lipinski definition) is 3. The van der Waals surface area contributed by atoms with Gasteiger partial charge in [-0.3, -0.25) is 4.79 Å². The summed E-state index contributed by atoms with van der Waals surface area (Å²) in [6.45, 7) is 0.706. The smallest absolute Gasteiger partial charge is 0.230 e. The number of hydrogen-bond donors (Lipinski definition) is 2. The topological polar surface area (TPSA) is 49.3 Å². The van der Waals surface area contributed by atoms with E-state index in [4.69, 9.17) is 5.11 Å². The summed E-state index contributed by atoms with van der Waals surface area (Å²) in [6.07, 6.45) is 0.850. The maximum absolute atomic E-state index is 11.8. The molecule has 1 amide bonds. The van der Waals surface area contributed by atoms with Crippen molar-refractivity contribution in [2.75, 3.05) is 12.3 Å². The van der Waals surface area contributed by atoms with Gasteiger partial charge in [-0.25, -0.2) is 0 Å². The second-order valence-electron chi connectivity index (χ2n) is 4.68. The number of amides is 1. The van der Waals surface area contributed by atoms with Crippen molar-refractivity contribution in [2.24, 2.45) is 0 Å². The Morgan fingerprint density at radius 1 is 1.00 bits per heavy atom. The van der Waals surface area contributed by atoms with Crippen LogP contribution in [0, 0.1) is 0 Å². The van der Waals surface area contributed by atoms with Gasteiger partial charge in [0.25, 0.3) is 0 Å². The normalized spacial score (nSPS) is 10.3. The highest BCUT2D eigenvalue weighted by atomic mass is 32.2. The highest BCUT2D eigenvalue weighted by Gasteiger charge is 2.02. The summed E-state index contributed by atoms with van der Waals surface area (Å²) in [7, 11) is 0. The third kappa shape index (κ3) is 5.61.